The summed E-state index contributed by atoms with van der Waals surface area (Å²) in [5, 5.41) is 3.76. The number of hydrogen-bond donors (Lipinski definition) is 1. The van der Waals surface area contributed by atoms with Crippen LogP contribution < -0.4 is 5.32 Å². The minimum atomic E-state index is -0.518. The third-order valence-electron chi connectivity index (χ3n) is 6.39. The van der Waals surface area contributed by atoms with Crippen molar-refractivity contribution in [3.8, 4) is 11.3 Å². The molecule has 0 unspecified atom stereocenters. The molecule has 160 valence electrons. The summed E-state index contributed by atoms with van der Waals surface area (Å²) in [4.78, 5) is 30.1. The van der Waals surface area contributed by atoms with Crippen molar-refractivity contribution in [2.45, 2.75) is 39.2 Å². The van der Waals surface area contributed by atoms with Gasteiger partial charge in [-0.25, -0.2) is 9.78 Å². The van der Waals surface area contributed by atoms with Gasteiger partial charge in [0.25, 0.3) is 5.91 Å². The van der Waals surface area contributed by atoms with Crippen LogP contribution in [0.1, 0.15) is 43.5 Å². The molecular weight excluding hydrogens is 388 g/mol. The predicted molar refractivity (Wildman–Crippen MR) is 122 cm³/mol. The van der Waals surface area contributed by atoms with Gasteiger partial charge in [-0.3, -0.25) is 4.79 Å². The molecule has 0 radical (unpaired) electrons. The molecule has 5 nitrogen and oxygen atoms in total. The van der Waals surface area contributed by atoms with Gasteiger partial charge in [-0.2, -0.15) is 0 Å². The highest BCUT2D eigenvalue weighted by molar-refractivity contribution is 6.05. The summed E-state index contributed by atoms with van der Waals surface area (Å²) in [7, 11) is 0. The normalized spacial score (nSPS) is 20.9. The topological polar surface area (TPSA) is 68.3 Å². The van der Waals surface area contributed by atoms with Crippen LogP contribution in [0, 0.1) is 11.8 Å². The fourth-order valence-corrected chi connectivity index (χ4v) is 4.34. The summed E-state index contributed by atoms with van der Waals surface area (Å²) < 4.78 is 5.41. The van der Waals surface area contributed by atoms with Crippen molar-refractivity contribution < 1.29 is 14.3 Å². The summed E-state index contributed by atoms with van der Waals surface area (Å²) in [6, 6.07) is 19.0. The lowest BCUT2D eigenvalue weighted by molar-refractivity contribution is -0.125. The summed E-state index contributed by atoms with van der Waals surface area (Å²) in [5.41, 5.74) is 2.74. The fraction of sp³-hybridized carbons (Fsp3) is 0.346. The second-order valence-corrected chi connectivity index (χ2v) is 8.46. The standard InChI is InChI=1S/C26H28N2O3/c1-17-9-8-14-22(18(17)2)28-25(29)16-31-26(30)21-15-24(19-10-4-3-5-11-19)27-23-13-7-6-12-20(21)23/h3-7,10-13,15,17-18,22H,8-9,14,16H2,1-2H3,(H,28,29)/t17-,18-,22-/m1/s1. The van der Waals surface area contributed by atoms with Gasteiger partial charge in [-0.05, 0) is 30.4 Å². The number of para-hydroxylation sites is 1. The Bertz CT molecular complexity index is 1080. The third-order valence-corrected chi connectivity index (χ3v) is 6.39. The number of amides is 1. The molecule has 0 aliphatic heterocycles. The van der Waals surface area contributed by atoms with E-state index in [4.69, 9.17) is 4.74 Å². The second kappa shape index (κ2) is 9.29. The van der Waals surface area contributed by atoms with Gasteiger partial charge in [-0.1, -0.05) is 75.2 Å². The van der Waals surface area contributed by atoms with Crippen molar-refractivity contribution in [2.24, 2.45) is 11.8 Å². The van der Waals surface area contributed by atoms with Gasteiger partial charge in [0.05, 0.1) is 16.8 Å². The molecule has 0 saturated heterocycles. The largest absolute Gasteiger partial charge is 0.452 e. The SMILES string of the molecule is C[C@@H]1[C@H](C)CCC[C@H]1NC(=O)COC(=O)c1cc(-c2ccccc2)nc2ccccc12. The lowest BCUT2D eigenvalue weighted by atomic mass is 9.78. The van der Waals surface area contributed by atoms with E-state index in [-0.39, 0.29) is 18.6 Å². The number of nitrogens with zero attached hydrogens (tertiary/aromatic N) is 1. The molecule has 1 aromatic heterocycles. The highest BCUT2D eigenvalue weighted by Gasteiger charge is 2.28. The number of carbonyl (C=O) groups excluding carboxylic acids is 2. The Labute approximate surface area is 182 Å². The summed E-state index contributed by atoms with van der Waals surface area (Å²) in [5.74, 6) is 0.240. The van der Waals surface area contributed by atoms with Crippen molar-refractivity contribution in [1.82, 2.24) is 10.3 Å². The molecule has 1 N–H and O–H groups in total. The maximum atomic E-state index is 12.9. The van der Waals surface area contributed by atoms with E-state index in [0.717, 1.165) is 18.4 Å². The molecule has 3 atom stereocenters. The highest BCUT2D eigenvalue weighted by atomic mass is 16.5. The lowest BCUT2D eigenvalue weighted by Crippen LogP contribution is -2.45. The Kier molecular flexibility index (Phi) is 6.31. The molecule has 5 heteroatoms. The van der Waals surface area contributed by atoms with E-state index in [2.05, 4.69) is 24.1 Å². The Hall–Kier alpha value is -3.21. The van der Waals surface area contributed by atoms with Crippen LogP contribution in [-0.4, -0.2) is 29.5 Å². The zero-order valence-corrected chi connectivity index (χ0v) is 18.0. The molecule has 1 heterocycles. The first-order chi connectivity index (χ1) is 15.0. The number of ether oxygens (including phenoxy) is 1. The number of rotatable bonds is 5. The number of fused-ring (bicyclic) bond motifs is 1. The Balaban J connectivity index is 1.50. The van der Waals surface area contributed by atoms with Crippen LogP contribution in [0.25, 0.3) is 22.2 Å². The number of nitrogens with one attached hydrogen (secondary N) is 1. The smallest absolute Gasteiger partial charge is 0.339 e. The minimum Gasteiger partial charge on any atom is -0.452 e. The quantitative estimate of drug-likeness (QED) is 0.595. The van der Waals surface area contributed by atoms with E-state index in [1.807, 2.05) is 54.6 Å². The van der Waals surface area contributed by atoms with Crippen molar-refractivity contribution >= 4 is 22.8 Å². The molecule has 2 aromatic carbocycles. The van der Waals surface area contributed by atoms with E-state index in [1.165, 1.54) is 6.42 Å². The van der Waals surface area contributed by atoms with Crippen LogP contribution in [0.4, 0.5) is 0 Å². The Morgan fingerprint density at radius 1 is 1.03 bits per heavy atom. The van der Waals surface area contributed by atoms with E-state index >= 15 is 0 Å². The van der Waals surface area contributed by atoms with Gasteiger partial charge in [0.1, 0.15) is 0 Å². The molecule has 1 fully saturated rings. The van der Waals surface area contributed by atoms with E-state index in [1.54, 1.807) is 6.07 Å². The van der Waals surface area contributed by atoms with Gasteiger partial charge >= 0.3 is 5.97 Å². The van der Waals surface area contributed by atoms with Crippen molar-refractivity contribution in [3.05, 3.63) is 66.2 Å². The minimum absolute atomic E-state index is 0.140. The van der Waals surface area contributed by atoms with E-state index in [0.29, 0.717) is 34.0 Å². The highest BCUT2D eigenvalue weighted by Crippen LogP contribution is 2.29. The van der Waals surface area contributed by atoms with Crippen molar-refractivity contribution in [1.29, 1.82) is 0 Å². The third kappa shape index (κ3) is 4.76. The van der Waals surface area contributed by atoms with Gasteiger partial charge in [-0.15, -0.1) is 0 Å². The van der Waals surface area contributed by atoms with Gasteiger partial charge in [0.2, 0.25) is 0 Å². The Morgan fingerprint density at radius 2 is 1.77 bits per heavy atom. The summed E-state index contributed by atoms with van der Waals surface area (Å²) in [6.45, 7) is 4.12. The first kappa shape index (κ1) is 21.0. The number of pyridine rings is 1. The second-order valence-electron chi connectivity index (χ2n) is 8.46. The monoisotopic (exact) mass is 416 g/mol. The van der Waals surface area contributed by atoms with Crippen molar-refractivity contribution in [3.63, 3.8) is 0 Å². The van der Waals surface area contributed by atoms with E-state index < -0.39 is 5.97 Å². The molecule has 31 heavy (non-hydrogen) atoms. The average molecular weight is 417 g/mol. The molecule has 1 saturated carbocycles. The Morgan fingerprint density at radius 3 is 2.58 bits per heavy atom. The zero-order valence-electron chi connectivity index (χ0n) is 18.0. The summed E-state index contributed by atoms with van der Waals surface area (Å²) >= 11 is 0. The van der Waals surface area contributed by atoms with Crippen LogP contribution in [0.3, 0.4) is 0 Å². The average Bonchev–Trinajstić information content (AvgIpc) is 2.80. The number of esters is 1. The van der Waals surface area contributed by atoms with Crippen LogP contribution in [0.5, 0.6) is 0 Å². The molecule has 1 amide bonds. The van der Waals surface area contributed by atoms with Gasteiger partial charge < -0.3 is 10.1 Å². The predicted octanol–water partition coefficient (Wildman–Crippen LogP) is 5.00. The number of aromatic nitrogens is 1. The van der Waals surface area contributed by atoms with Crippen LogP contribution in [-0.2, 0) is 9.53 Å². The van der Waals surface area contributed by atoms with Crippen LogP contribution in [0.15, 0.2) is 60.7 Å². The number of carbonyl (C=O) groups is 2. The first-order valence-corrected chi connectivity index (χ1v) is 10.9. The molecule has 1 aliphatic rings. The lowest BCUT2D eigenvalue weighted by Gasteiger charge is -2.34. The molecule has 1 aliphatic carbocycles. The number of hydrogen-bond acceptors (Lipinski definition) is 4. The zero-order chi connectivity index (χ0) is 21.8. The van der Waals surface area contributed by atoms with Crippen LogP contribution in [0.2, 0.25) is 0 Å². The molecular formula is C26H28N2O3. The van der Waals surface area contributed by atoms with Gasteiger partial charge in [0.15, 0.2) is 6.61 Å². The number of benzene rings is 2. The molecule has 4 rings (SSSR count). The molecule has 0 bridgehead atoms. The summed E-state index contributed by atoms with van der Waals surface area (Å²) in [6.07, 6.45) is 3.28. The maximum Gasteiger partial charge on any atom is 0.339 e. The maximum absolute atomic E-state index is 12.9. The van der Waals surface area contributed by atoms with Crippen LogP contribution >= 0.6 is 0 Å². The molecule has 0 spiro atoms. The van der Waals surface area contributed by atoms with E-state index in [9.17, 15) is 9.59 Å². The molecule has 3 aromatic rings. The van der Waals surface area contributed by atoms with Gasteiger partial charge in [0, 0.05) is 17.0 Å². The van der Waals surface area contributed by atoms with Crippen molar-refractivity contribution in [2.75, 3.05) is 6.61 Å². The fourth-order valence-electron chi connectivity index (χ4n) is 4.34. The first-order valence-electron chi connectivity index (χ1n) is 10.9.